The van der Waals surface area contributed by atoms with Gasteiger partial charge in [0, 0.05) is 15.7 Å². The highest BCUT2D eigenvalue weighted by atomic mass is 35.5. The molecule has 0 aliphatic rings. The average Bonchev–Trinajstić information content (AvgIpc) is 2.57. The molecule has 2 rings (SSSR count). The van der Waals surface area contributed by atoms with Crippen molar-refractivity contribution >= 4 is 40.7 Å². The van der Waals surface area contributed by atoms with E-state index in [0.717, 1.165) is 27.9 Å². The monoisotopic (exact) mass is 435 g/mol. The van der Waals surface area contributed by atoms with Gasteiger partial charge in [0.05, 0.1) is 19.1 Å². The van der Waals surface area contributed by atoms with Gasteiger partial charge < -0.3 is 10.6 Å². The van der Waals surface area contributed by atoms with Crippen molar-refractivity contribution < 1.29 is 9.59 Å². The highest BCUT2D eigenvalue weighted by Crippen LogP contribution is 2.26. The van der Waals surface area contributed by atoms with E-state index in [0.29, 0.717) is 10.0 Å². The first-order valence-corrected chi connectivity index (χ1v) is 10.1. The van der Waals surface area contributed by atoms with Gasteiger partial charge in [-0.3, -0.25) is 14.5 Å². The molecular formula is C22H27Cl2N3O2. The van der Waals surface area contributed by atoms with Crippen molar-refractivity contribution in [3.8, 4) is 0 Å². The summed E-state index contributed by atoms with van der Waals surface area (Å²) in [6.07, 6.45) is 0. The van der Waals surface area contributed by atoms with Crippen molar-refractivity contribution in [2.75, 3.05) is 25.5 Å². The van der Waals surface area contributed by atoms with Crippen LogP contribution in [0.25, 0.3) is 0 Å². The Bertz CT molecular complexity index is 892. The molecule has 29 heavy (non-hydrogen) atoms. The number of benzene rings is 2. The van der Waals surface area contributed by atoms with E-state index in [1.165, 1.54) is 0 Å². The van der Waals surface area contributed by atoms with Gasteiger partial charge in [-0.05, 0) is 63.6 Å². The summed E-state index contributed by atoms with van der Waals surface area (Å²) in [5, 5.41) is 6.89. The molecule has 2 aromatic rings. The maximum absolute atomic E-state index is 12.4. The average molecular weight is 436 g/mol. The molecule has 0 aromatic heterocycles. The minimum Gasteiger partial charge on any atom is -0.348 e. The molecule has 0 heterocycles. The summed E-state index contributed by atoms with van der Waals surface area (Å²) in [7, 11) is 1.73. The van der Waals surface area contributed by atoms with Crippen molar-refractivity contribution in [3.63, 3.8) is 0 Å². The van der Waals surface area contributed by atoms with Crippen LogP contribution in [0.15, 0.2) is 30.3 Å². The van der Waals surface area contributed by atoms with Crippen LogP contribution in [0.5, 0.6) is 0 Å². The third kappa shape index (κ3) is 6.74. The Morgan fingerprint density at radius 1 is 1.00 bits per heavy atom. The molecule has 2 N–H and O–H groups in total. The van der Waals surface area contributed by atoms with E-state index in [4.69, 9.17) is 23.2 Å². The van der Waals surface area contributed by atoms with E-state index in [-0.39, 0.29) is 30.9 Å². The molecule has 1 unspecified atom stereocenters. The lowest BCUT2D eigenvalue weighted by molar-refractivity contribution is -0.123. The van der Waals surface area contributed by atoms with Gasteiger partial charge in [-0.25, -0.2) is 0 Å². The zero-order valence-electron chi connectivity index (χ0n) is 17.4. The fourth-order valence-corrected chi connectivity index (χ4v) is 3.89. The molecule has 0 radical (unpaired) electrons. The quantitative estimate of drug-likeness (QED) is 0.664. The van der Waals surface area contributed by atoms with Crippen LogP contribution in [0.3, 0.4) is 0 Å². The number of hydrogen-bond acceptors (Lipinski definition) is 3. The van der Waals surface area contributed by atoms with Crippen LogP contribution in [0.1, 0.15) is 35.2 Å². The second-order valence-electron chi connectivity index (χ2n) is 7.45. The molecule has 2 amide bonds. The predicted octanol–water partition coefficient (Wildman–Crippen LogP) is 4.67. The molecule has 0 spiro atoms. The first-order valence-electron chi connectivity index (χ1n) is 9.37. The fourth-order valence-electron chi connectivity index (χ4n) is 3.32. The van der Waals surface area contributed by atoms with Crippen LogP contribution >= 0.6 is 23.2 Å². The van der Waals surface area contributed by atoms with Crippen molar-refractivity contribution in [3.05, 3.63) is 62.6 Å². The summed E-state index contributed by atoms with van der Waals surface area (Å²) >= 11 is 12.1. The van der Waals surface area contributed by atoms with Crippen LogP contribution < -0.4 is 10.6 Å². The number of carbonyl (C=O) groups excluding carboxylic acids is 2. The third-order valence-corrected chi connectivity index (χ3v) is 5.14. The fraction of sp³-hybridized carbons (Fsp3) is 0.364. The number of aryl methyl sites for hydroxylation is 3. The molecule has 7 heteroatoms. The van der Waals surface area contributed by atoms with Gasteiger partial charge >= 0.3 is 0 Å². The lowest BCUT2D eigenvalue weighted by Gasteiger charge is -2.20. The van der Waals surface area contributed by atoms with E-state index < -0.39 is 0 Å². The Kier molecular flexibility index (Phi) is 8.08. The molecule has 0 aliphatic heterocycles. The van der Waals surface area contributed by atoms with Crippen molar-refractivity contribution in [2.45, 2.75) is 33.7 Å². The zero-order chi connectivity index (χ0) is 21.7. The van der Waals surface area contributed by atoms with Crippen LogP contribution in [-0.2, 0) is 9.59 Å². The Morgan fingerprint density at radius 2 is 1.59 bits per heavy atom. The molecule has 5 nitrogen and oxygen atoms in total. The second kappa shape index (κ2) is 10.1. The van der Waals surface area contributed by atoms with Gasteiger partial charge in [-0.15, -0.1) is 0 Å². The minimum absolute atomic E-state index is 0.0921. The summed E-state index contributed by atoms with van der Waals surface area (Å²) in [6, 6.07) is 8.96. The van der Waals surface area contributed by atoms with E-state index >= 15 is 0 Å². The van der Waals surface area contributed by atoms with Crippen LogP contribution in [0, 0.1) is 20.8 Å². The Morgan fingerprint density at radius 3 is 2.17 bits per heavy atom. The second-order valence-corrected chi connectivity index (χ2v) is 8.29. The number of nitrogens with one attached hydrogen (secondary N) is 2. The maximum atomic E-state index is 12.4. The van der Waals surface area contributed by atoms with E-state index in [2.05, 4.69) is 10.6 Å². The molecule has 0 bridgehead atoms. The third-order valence-electron chi connectivity index (χ3n) is 4.57. The van der Waals surface area contributed by atoms with E-state index in [1.54, 1.807) is 30.1 Å². The number of likely N-dealkylation sites (N-methyl/N-ethyl adjacent to an activating group) is 1. The molecule has 2 aromatic carbocycles. The van der Waals surface area contributed by atoms with Crippen molar-refractivity contribution in [1.82, 2.24) is 10.2 Å². The topological polar surface area (TPSA) is 61.4 Å². The van der Waals surface area contributed by atoms with Crippen molar-refractivity contribution in [2.24, 2.45) is 0 Å². The lowest BCUT2D eigenvalue weighted by atomic mass is 10.1. The number of halogens is 2. The van der Waals surface area contributed by atoms with Gasteiger partial charge in [-0.1, -0.05) is 47.0 Å². The normalized spacial score (nSPS) is 12.0. The summed E-state index contributed by atoms with van der Waals surface area (Å²) in [6.45, 7) is 8.01. The van der Waals surface area contributed by atoms with E-state index in [9.17, 15) is 9.59 Å². The van der Waals surface area contributed by atoms with E-state index in [1.807, 2.05) is 39.8 Å². The Labute approximate surface area is 182 Å². The standard InChI is InChI=1S/C22H27Cl2N3O2/c1-13-8-14(2)22(15(3)9-13)26-21(29)12-27(5)11-20(28)25-16(4)18-7-6-17(23)10-19(18)24/h6-10,16H,11-12H2,1-5H3,(H,25,28)(H,26,29). The van der Waals surface area contributed by atoms with Crippen molar-refractivity contribution in [1.29, 1.82) is 0 Å². The Hall–Kier alpha value is -2.08. The number of amides is 2. The Balaban J connectivity index is 1.89. The number of carbonyl (C=O) groups is 2. The minimum atomic E-state index is -0.271. The smallest absolute Gasteiger partial charge is 0.238 e. The molecule has 0 fully saturated rings. The number of nitrogens with zero attached hydrogens (tertiary/aromatic N) is 1. The van der Waals surface area contributed by atoms with Gasteiger partial charge in [0.1, 0.15) is 0 Å². The molecule has 156 valence electrons. The molecule has 1 atom stereocenters. The summed E-state index contributed by atoms with van der Waals surface area (Å²) in [5.74, 6) is -0.356. The maximum Gasteiger partial charge on any atom is 0.238 e. The van der Waals surface area contributed by atoms with Crippen LogP contribution in [0.2, 0.25) is 10.0 Å². The summed E-state index contributed by atoms with van der Waals surface area (Å²) in [5.41, 5.74) is 4.80. The number of hydrogen-bond donors (Lipinski definition) is 2. The first-order chi connectivity index (χ1) is 13.6. The lowest BCUT2D eigenvalue weighted by Crippen LogP contribution is -2.39. The predicted molar refractivity (Wildman–Crippen MR) is 120 cm³/mol. The van der Waals surface area contributed by atoms with Crippen LogP contribution in [0.4, 0.5) is 5.69 Å². The highest BCUT2D eigenvalue weighted by molar-refractivity contribution is 6.35. The van der Waals surface area contributed by atoms with Gasteiger partial charge in [0.25, 0.3) is 0 Å². The molecule has 0 saturated carbocycles. The first kappa shape index (κ1) is 23.2. The highest BCUT2D eigenvalue weighted by Gasteiger charge is 2.16. The molecule has 0 aliphatic carbocycles. The van der Waals surface area contributed by atoms with Crippen LogP contribution in [-0.4, -0.2) is 36.9 Å². The number of rotatable bonds is 7. The van der Waals surface area contributed by atoms with Gasteiger partial charge in [0.2, 0.25) is 11.8 Å². The van der Waals surface area contributed by atoms with Gasteiger partial charge in [-0.2, -0.15) is 0 Å². The molecule has 0 saturated heterocycles. The summed E-state index contributed by atoms with van der Waals surface area (Å²) < 4.78 is 0. The summed E-state index contributed by atoms with van der Waals surface area (Å²) in [4.78, 5) is 26.4. The SMILES string of the molecule is Cc1cc(C)c(NC(=O)CN(C)CC(=O)NC(C)c2ccc(Cl)cc2Cl)c(C)c1. The zero-order valence-corrected chi connectivity index (χ0v) is 18.9. The molecular weight excluding hydrogens is 409 g/mol. The van der Waals surface area contributed by atoms with Gasteiger partial charge in [0.15, 0.2) is 0 Å². The largest absolute Gasteiger partial charge is 0.348 e. The number of anilines is 1.